The van der Waals surface area contributed by atoms with Crippen LogP contribution >= 0.6 is 27.3 Å². The summed E-state index contributed by atoms with van der Waals surface area (Å²) in [4.78, 5) is 4.89. The highest BCUT2D eigenvalue weighted by Gasteiger charge is 2.18. The Morgan fingerprint density at radius 2 is 2.00 bits per heavy atom. The fourth-order valence-electron chi connectivity index (χ4n) is 2.29. The lowest BCUT2D eigenvalue weighted by molar-refractivity contribution is 0.245. The minimum absolute atomic E-state index is 0.238. The summed E-state index contributed by atoms with van der Waals surface area (Å²) >= 11 is 5.39. The average molecular weight is 369 g/mol. The molecule has 5 heteroatoms. The molecule has 3 nitrogen and oxygen atoms in total. The van der Waals surface area contributed by atoms with E-state index in [2.05, 4.69) is 53.0 Å². The molecule has 0 saturated heterocycles. The van der Waals surface area contributed by atoms with Crippen molar-refractivity contribution in [2.24, 2.45) is 5.73 Å². The molecule has 2 N–H and O–H groups in total. The molecule has 0 fully saturated rings. The van der Waals surface area contributed by atoms with Crippen LogP contribution in [0.5, 0.6) is 5.75 Å². The summed E-state index contributed by atoms with van der Waals surface area (Å²) < 4.78 is 6.36. The smallest absolute Gasteiger partial charge is 0.118 e. The largest absolute Gasteiger partial charge is 0.497 e. The number of thiophene rings is 1. The van der Waals surface area contributed by atoms with Crippen LogP contribution in [0.15, 0.2) is 34.8 Å². The second kappa shape index (κ2) is 7.40. The molecule has 0 radical (unpaired) electrons. The number of halogens is 1. The minimum Gasteiger partial charge on any atom is -0.497 e. The van der Waals surface area contributed by atoms with Crippen molar-refractivity contribution >= 4 is 27.3 Å². The highest BCUT2D eigenvalue weighted by Crippen LogP contribution is 2.33. The third kappa shape index (κ3) is 4.07. The first-order valence-corrected chi connectivity index (χ1v) is 8.45. The van der Waals surface area contributed by atoms with Gasteiger partial charge < -0.3 is 10.5 Å². The number of ether oxygens (including phenoxy) is 1. The zero-order chi connectivity index (χ0) is 15.4. The van der Waals surface area contributed by atoms with Gasteiger partial charge in [0.25, 0.3) is 0 Å². The quantitative estimate of drug-likeness (QED) is 0.838. The standard InChI is InChI=1S/C16H21BrN2OS/c1-11-14(17)8-16(21-11)15(9-18)19(2)10-12-4-6-13(20-3)7-5-12/h4-8,15H,9-10,18H2,1-3H3. The summed E-state index contributed by atoms with van der Waals surface area (Å²) in [5.74, 6) is 0.884. The van der Waals surface area contributed by atoms with Crippen LogP contribution in [0.4, 0.5) is 0 Å². The molecule has 0 saturated carbocycles. The Hall–Kier alpha value is -0.880. The van der Waals surface area contributed by atoms with Gasteiger partial charge in [-0.15, -0.1) is 11.3 Å². The Bertz CT molecular complexity index is 563. The molecule has 0 aliphatic heterocycles. The molecule has 114 valence electrons. The molecular weight excluding hydrogens is 348 g/mol. The van der Waals surface area contributed by atoms with E-state index < -0.39 is 0 Å². The first-order valence-electron chi connectivity index (χ1n) is 6.84. The van der Waals surface area contributed by atoms with Crippen molar-refractivity contribution in [1.82, 2.24) is 4.90 Å². The van der Waals surface area contributed by atoms with Crippen molar-refractivity contribution in [3.8, 4) is 5.75 Å². The van der Waals surface area contributed by atoms with E-state index in [9.17, 15) is 0 Å². The number of likely N-dealkylation sites (N-methyl/N-ethyl adjacent to an activating group) is 1. The van der Waals surface area contributed by atoms with Gasteiger partial charge in [0.1, 0.15) is 5.75 Å². The van der Waals surface area contributed by atoms with Gasteiger partial charge in [-0.05, 0) is 53.7 Å². The Balaban J connectivity index is 2.10. The summed E-state index contributed by atoms with van der Waals surface area (Å²) in [5, 5.41) is 0. The molecule has 0 amide bonds. The van der Waals surface area contributed by atoms with Gasteiger partial charge in [0.2, 0.25) is 0 Å². The lowest BCUT2D eigenvalue weighted by Gasteiger charge is -2.26. The first-order chi connectivity index (χ1) is 10.0. The number of methoxy groups -OCH3 is 1. The first kappa shape index (κ1) is 16.5. The fourth-order valence-corrected chi connectivity index (χ4v) is 4.03. The van der Waals surface area contributed by atoms with Crippen molar-refractivity contribution in [1.29, 1.82) is 0 Å². The molecule has 0 spiro atoms. The molecule has 2 aromatic rings. The van der Waals surface area contributed by atoms with E-state index in [1.165, 1.54) is 19.8 Å². The molecule has 0 aliphatic carbocycles. The highest BCUT2D eigenvalue weighted by molar-refractivity contribution is 9.10. The topological polar surface area (TPSA) is 38.5 Å². The van der Waals surface area contributed by atoms with Crippen molar-refractivity contribution in [2.45, 2.75) is 19.5 Å². The average Bonchev–Trinajstić information content (AvgIpc) is 2.80. The Kier molecular flexibility index (Phi) is 5.81. The molecule has 2 rings (SSSR count). The van der Waals surface area contributed by atoms with E-state index in [-0.39, 0.29) is 6.04 Å². The van der Waals surface area contributed by atoms with Crippen LogP contribution in [0.2, 0.25) is 0 Å². The Labute approximate surface area is 138 Å². The molecule has 0 aliphatic rings. The number of hydrogen-bond donors (Lipinski definition) is 1. The van der Waals surface area contributed by atoms with Crippen molar-refractivity contribution in [3.05, 3.63) is 50.1 Å². The number of nitrogens with zero attached hydrogens (tertiary/aromatic N) is 1. The van der Waals surface area contributed by atoms with E-state index >= 15 is 0 Å². The molecule has 1 aromatic carbocycles. The van der Waals surface area contributed by atoms with Crippen LogP contribution in [0, 0.1) is 6.92 Å². The predicted octanol–water partition coefficient (Wildman–Crippen LogP) is 3.96. The van der Waals surface area contributed by atoms with E-state index in [0.29, 0.717) is 6.54 Å². The maximum atomic E-state index is 5.99. The summed E-state index contributed by atoms with van der Waals surface area (Å²) in [6, 6.07) is 10.6. The lowest BCUT2D eigenvalue weighted by atomic mass is 10.1. The van der Waals surface area contributed by atoms with Gasteiger partial charge in [0, 0.05) is 27.3 Å². The van der Waals surface area contributed by atoms with Crippen LogP contribution in [-0.4, -0.2) is 25.6 Å². The number of hydrogen-bond acceptors (Lipinski definition) is 4. The number of aryl methyl sites for hydroxylation is 1. The summed E-state index contributed by atoms with van der Waals surface area (Å²) in [6.07, 6.45) is 0. The van der Waals surface area contributed by atoms with Crippen molar-refractivity contribution in [3.63, 3.8) is 0 Å². The van der Waals surface area contributed by atoms with Gasteiger partial charge in [-0.3, -0.25) is 4.90 Å². The van der Waals surface area contributed by atoms with Gasteiger partial charge in [-0.25, -0.2) is 0 Å². The third-order valence-corrected chi connectivity index (χ3v) is 5.79. The lowest BCUT2D eigenvalue weighted by Crippen LogP contribution is -2.29. The fraction of sp³-hybridized carbons (Fsp3) is 0.375. The maximum absolute atomic E-state index is 5.99. The Morgan fingerprint density at radius 3 is 2.48 bits per heavy atom. The van der Waals surface area contributed by atoms with Gasteiger partial charge >= 0.3 is 0 Å². The normalized spacial score (nSPS) is 12.7. The third-order valence-electron chi connectivity index (χ3n) is 3.55. The van der Waals surface area contributed by atoms with Crippen LogP contribution in [0.1, 0.15) is 21.4 Å². The van der Waals surface area contributed by atoms with Crippen LogP contribution in [-0.2, 0) is 6.54 Å². The van der Waals surface area contributed by atoms with Crippen molar-refractivity contribution < 1.29 is 4.74 Å². The molecule has 1 aromatic heterocycles. The van der Waals surface area contributed by atoms with E-state index in [1.807, 2.05) is 12.1 Å². The zero-order valence-electron chi connectivity index (χ0n) is 12.6. The summed E-state index contributed by atoms with van der Waals surface area (Å²) in [5.41, 5.74) is 7.25. The second-order valence-corrected chi connectivity index (χ2v) is 7.21. The van der Waals surface area contributed by atoms with Crippen molar-refractivity contribution in [2.75, 3.05) is 20.7 Å². The summed E-state index contributed by atoms with van der Waals surface area (Å²) in [7, 11) is 3.80. The summed E-state index contributed by atoms with van der Waals surface area (Å²) in [6.45, 7) is 3.59. The zero-order valence-corrected chi connectivity index (χ0v) is 15.0. The SMILES string of the molecule is COc1ccc(CN(C)C(CN)c2cc(Br)c(C)s2)cc1. The molecule has 1 atom stereocenters. The number of benzene rings is 1. The number of rotatable bonds is 6. The highest BCUT2D eigenvalue weighted by atomic mass is 79.9. The van der Waals surface area contributed by atoms with Gasteiger partial charge in [0.05, 0.1) is 13.2 Å². The van der Waals surface area contributed by atoms with Crippen LogP contribution < -0.4 is 10.5 Å². The molecule has 21 heavy (non-hydrogen) atoms. The Morgan fingerprint density at radius 1 is 1.33 bits per heavy atom. The molecule has 1 unspecified atom stereocenters. The van der Waals surface area contributed by atoms with E-state index in [4.69, 9.17) is 10.5 Å². The van der Waals surface area contributed by atoms with Crippen LogP contribution in [0.25, 0.3) is 0 Å². The molecule has 1 heterocycles. The predicted molar refractivity (Wildman–Crippen MR) is 93.0 cm³/mol. The van der Waals surface area contributed by atoms with Crippen LogP contribution in [0.3, 0.4) is 0 Å². The monoisotopic (exact) mass is 368 g/mol. The maximum Gasteiger partial charge on any atom is 0.118 e. The molecule has 0 bridgehead atoms. The van der Waals surface area contributed by atoms with Gasteiger partial charge in [-0.2, -0.15) is 0 Å². The van der Waals surface area contributed by atoms with E-state index in [0.717, 1.165) is 12.3 Å². The van der Waals surface area contributed by atoms with Gasteiger partial charge in [-0.1, -0.05) is 12.1 Å². The minimum atomic E-state index is 0.238. The second-order valence-electron chi connectivity index (χ2n) is 5.07. The van der Waals surface area contributed by atoms with Gasteiger partial charge in [0.15, 0.2) is 0 Å². The van der Waals surface area contributed by atoms with E-state index in [1.54, 1.807) is 18.4 Å². The molecular formula is C16H21BrN2OS. The number of nitrogens with two attached hydrogens (primary N) is 1.